The summed E-state index contributed by atoms with van der Waals surface area (Å²) in [6, 6.07) is 7.92. The molecule has 0 aliphatic rings. The van der Waals surface area contributed by atoms with E-state index in [9.17, 15) is 0 Å². The van der Waals surface area contributed by atoms with Crippen LogP contribution in [0.1, 0.15) is 5.56 Å². The van der Waals surface area contributed by atoms with E-state index in [0.29, 0.717) is 5.82 Å². The van der Waals surface area contributed by atoms with Crippen molar-refractivity contribution in [2.75, 3.05) is 12.8 Å². The molecule has 0 bridgehead atoms. The number of ether oxygens (including phenoxy) is 1. The van der Waals surface area contributed by atoms with Crippen LogP contribution in [-0.2, 0) is 0 Å². The molecule has 2 rings (SSSR count). The Morgan fingerprint density at radius 2 is 2.13 bits per heavy atom. The number of aryl methyl sites for hydroxylation is 1. The Morgan fingerprint density at radius 3 is 2.73 bits per heavy atom. The second kappa shape index (κ2) is 3.90. The van der Waals surface area contributed by atoms with E-state index < -0.39 is 0 Å². The maximum Gasteiger partial charge on any atom is 0.137 e. The number of aromatic nitrogens is 1. The van der Waals surface area contributed by atoms with Gasteiger partial charge in [0.05, 0.1) is 12.0 Å². The van der Waals surface area contributed by atoms with Gasteiger partial charge in [-0.3, -0.25) is 0 Å². The third kappa shape index (κ3) is 1.94. The van der Waals surface area contributed by atoms with E-state index >= 15 is 0 Å². The first-order chi connectivity index (χ1) is 7.20. The fourth-order valence-electron chi connectivity index (χ4n) is 1.43. The lowest BCUT2D eigenvalue weighted by Crippen LogP contribution is -1.87. The molecule has 0 radical (unpaired) electrons. The van der Waals surface area contributed by atoms with Crippen molar-refractivity contribution >= 4 is 17.4 Å². The molecule has 15 heavy (non-hydrogen) atoms. The minimum Gasteiger partial charge on any atom is -0.496 e. The van der Waals surface area contributed by atoms with E-state index in [2.05, 4.69) is 10.4 Å². The Morgan fingerprint density at radius 1 is 1.33 bits per heavy atom. The summed E-state index contributed by atoms with van der Waals surface area (Å²) >= 11 is 1.39. The number of hydrogen-bond donors (Lipinski definition) is 1. The van der Waals surface area contributed by atoms with Crippen LogP contribution in [0.5, 0.6) is 5.75 Å². The number of hydrogen-bond acceptors (Lipinski definition) is 4. The van der Waals surface area contributed by atoms with Crippen LogP contribution in [-0.4, -0.2) is 11.5 Å². The summed E-state index contributed by atoms with van der Waals surface area (Å²) in [6.07, 6.45) is 0. The van der Waals surface area contributed by atoms with Gasteiger partial charge in [0.15, 0.2) is 0 Å². The zero-order valence-corrected chi connectivity index (χ0v) is 9.47. The maximum absolute atomic E-state index is 5.60. The van der Waals surface area contributed by atoms with Crippen LogP contribution < -0.4 is 10.5 Å². The van der Waals surface area contributed by atoms with E-state index in [-0.39, 0.29) is 0 Å². The quantitative estimate of drug-likeness (QED) is 0.846. The molecular weight excluding hydrogens is 208 g/mol. The first kappa shape index (κ1) is 9.98. The lowest BCUT2D eigenvalue weighted by molar-refractivity contribution is 0.416. The van der Waals surface area contributed by atoms with Crippen LogP contribution >= 0.6 is 11.5 Å². The summed E-state index contributed by atoms with van der Waals surface area (Å²) in [6.45, 7) is 2.05. The maximum atomic E-state index is 5.60. The Labute approximate surface area is 92.7 Å². The van der Waals surface area contributed by atoms with Crippen molar-refractivity contribution in [2.24, 2.45) is 0 Å². The fraction of sp³-hybridized carbons (Fsp3) is 0.182. The first-order valence-electron chi connectivity index (χ1n) is 4.58. The highest BCUT2D eigenvalue weighted by Gasteiger charge is 2.08. The second-order valence-corrected chi connectivity index (χ2v) is 4.12. The van der Waals surface area contributed by atoms with Gasteiger partial charge in [-0.15, -0.1) is 0 Å². The number of nitrogen functional groups attached to an aromatic ring is 1. The molecule has 1 aromatic carbocycles. The second-order valence-electron chi connectivity index (χ2n) is 3.32. The molecule has 2 aromatic rings. The van der Waals surface area contributed by atoms with Crippen LogP contribution in [0, 0.1) is 6.92 Å². The molecule has 0 amide bonds. The smallest absolute Gasteiger partial charge is 0.137 e. The highest BCUT2D eigenvalue weighted by atomic mass is 32.1. The van der Waals surface area contributed by atoms with Crippen LogP contribution in [0.2, 0.25) is 0 Å². The molecule has 3 nitrogen and oxygen atoms in total. The van der Waals surface area contributed by atoms with Crippen molar-refractivity contribution < 1.29 is 4.74 Å². The third-order valence-corrected chi connectivity index (χ3v) is 2.99. The number of nitrogens with two attached hydrogens (primary N) is 1. The lowest BCUT2D eigenvalue weighted by Gasteiger charge is -2.06. The van der Waals surface area contributed by atoms with E-state index in [1.165, 1.54) is 17.1 Å². The van der Waals surface area contributed by atoms with Crippen LogP contribution in [0.25, 0.3) is 10.4 Å². The van der Waals surface area contributed by atoms with Gasteiger partial charge >= 0.3 is 0 Å². The van der Waals surface area contributed by atoms with E-state index in [0.717, 1.165) is 16.2 Å². The zero-order chi connectivity index (χ0) is 10.8. The molecule has 0 aliphatic heterocycles. The predicted octanol–water partition coefficient (Wildman–Crippen LogP) is 2.71. The highest BCUT2D eigenvalue weighted by molar-refractivity contribution is 7.09. The number of nitrogens with zero attached hydrogens (tertiary/aromatic N) is 1. The van der Waals surface area contributed by atoms with Crippen molar-refractivity contribution in [3.05, 3.63) is 29.8 Å². The van der Waals surface area contributed by atoms with Gasteiger partial charge in [0, 0.05) is 11.6 Å². The van der Waals surface area contributed by atoms with Gasteiger partial charge in [0.25, 0.3) is 0 Å². The molecule has 0 spiro atoms. The van der Waals surface area contributed by atoms with Crippen molar-refractivity contribution in [1.29, 1.82) is 0 Å². The summed E-state index contributed by atoms with van der Waals surface area (Å²) in [5, 5.41) is 0. The molecule has 2 N–H and O–H groups in total. The monoisotopic (exact) mass is 220 g/mol. The van der Waals surface area contributed by atoms with E-state index in [4.69, 9.17) is 10.5 Å². The SMILES string of the molecule is COc1ccc(C)cc1-c1cc(N)ns1. The first-order valence-corrected chi connectivity index (χ1v) is 5.35. The molecule has 0 unspecified atom stereocenters. The highest BCUT2D eigenvalue weighted by Crippen LogP contribution is 2.34. The van der Waals surface area contributed by atoms with Gasteiger partial charge in [-0.1, -0.05) is 11.6 Å². The Hall–Kier alpha value is -1.55. The van der Waals surface area contributed by atoms with Crippen molar-refractivity contribution in [3.63, 3.8) is 0 Å². The zero-order valence-electron chi connectivity index (χ0n) is 8.65. The summed E-state index contributed by atoms with van der Waals surface area (Å²) in [4.78, 5) is 1.04. The number of methoxy groups -OCH3 is 1. The van der Waals surface area contributed by atoms with Crippen molar-refractivity contribution in [3.8, 4) is 16.2 Å². The molecule has 1 heterocycles. The lowest BCUT2D eigenvalue weighted by atomic mass is 10.1. The Kier molecular flexibility index (Phi) is 2.60. The van der Waals surface area contributed by atoms with Gasteiger partial charge in [0.1, 0.15) is 11.6 Å². The molecule has 4 heteroatoms. The molecule has 78 valence electrons. The third-order valence-electron chi connectivity index (χ3n) is 2.15. The van der Waals surface area contributed by atoms with E-state index in [1.54, 1.807) is 7.11 Å². The van der Waals surface area contributed by atoms with Gasteiger partial charge in [-0.2, -0.15) is 4.37 Å². The number of benzene rings is 1. The average Bonchev–Trinajstić information content (AvgIpc) is 2.65. The minimum absolute atomic E-state index is 0.554. The molecule has 0 aliphatic carbocycles. The van der Waals surface area contributed by atoms with Crippen LogP contribution in [0.15, 0.2) is 24.3 Å². The summed E-state index contributed by atoms with van der Waals surface area (Å²) in [5.74, 6) is 1.41. The molecule has 0 atom stereocenters. The van der Waals surface area contributed by atoms with Crippen LogP contribution in [0.3, 0.4) is 0 Å². The Bertz CT molecular complexity index is 479. The van der Waals surface area contributed by atoms with Gasteiger partial charge in [-0.05, 0) is 30.6 Å². The molecular formula is C11H12N2OS. The molecule has 0 saturated carbocycles. The normalized spacial score (nSPS) is 10.3. The average molecular weight is 220 g/mol. The summed E-state index contributed by atoms with van der Waals surface area (Å²) in [7, 11) is 1.67. The van der Waals surface area contributed by atoms with Crippen LogP contribution in [0.4, 0.5) is 5.82 Å². The number of anilines is 1. The standard InChI is InChI=1S/C11H12N2OS/c1-7-3-4-9(14-2)8(5-7)10-6-11(12)13-15-10/h3-6H,1-2H3,(H2,12,13). The van der Waals surface area contributed by atoms with E-state index in [1.807, 2.05) is 25.1 Å². The topological polar surface area (TPSA) is 48.1 Å². The predicted molar refractivity (Wildman–Crippen MR) is 63.3 cm³/mol. The summed E-state index contributed by atoms with van der Waals surface area (Å²) in [5.41, 5.74) is 7.84. The number of rotatable bonds is 2. The van der Waals surface area contributed by atoms with Crippen molar-refractivity contribution in [1.82, 2.24) is 4.37 Å². The minimum atomic E-state index is 0.554. The van der Waals surface area contributed by atoms with Crippen molar-refractivity contribution in [2.45, 2.75) is 6.92 Å². The van der Waals surface area contributed by atoms with Gasteiger partial charge < -0.3 is 10.5 Å². The largest absolute Gasteiger partial charge is 0.496 e. The molecule has 1 aromatic heterocycles. The van der Waals surface area contributed by atoms with Gasteiger partial charge in [0.2, 0.25) is 0 Å². The van der Waals surface area contributed by atoms with Gasteiger partial charge in [-0.25, -0.2) is 0 Å². The molecule has 0 saturated heterocycles. The fourth-order valence-corrected chi connectivity index (χ4v) is 2.12. The Balaban J connectivity index is 2.55. The summed E-state index contributed by atoms with van der Waals surface area (Å²) < 4.78 is 9.36. The molecule has 0 fully saturated rings.